The fraction of sp³-hybridized carbons (Fsp3) is 0.692. The Hall–Kier alpha value is -1.40. The molecule has 0 saturated carbocycles. The molecule has 0 aliphatic carbocycles. The third kappa shape index (κ3) is 4.04. The van der Waals surface area contributed by atoms with Gasteiger partial charge in [0, 0.05) is 26.7 Å². The zero-order valence-electron chi connectivity index (χ0n) is 11.9. The number of aliphatic hydroxyl groups is 1. The zero-order valence-corrected chi connectivity index (χ0v) is 11.9. The van der Waals surface area contributed by atoms with Crippen LogP contribution in [-0.4, -0.2) is 59.1 Å². The van der Waals surface area contributed by atoms with Gasteiger partial charge in [-0.3, -0.25) is 9.48 Å². The van der Waals surface area contributed by atoms with Crippen molar-refractivity contribution in [1.29, 1.82) is 0 Å². The minimum Gasteiger partial charge on any atom is -0.395 e. The number of ether oxygens (including phenoxy) is 1. The molecule has 0 aliphatic rings. The molecule has 0 atom stereocenters. The summed E-state index contributed by atoms with van der Waals surface area (Å²) in [7, 11) is 1.59. The Bertz CT molecular complexity index is 404. The van der Waals surface area contributed by atoms with Crippen molar-refractivity contribution >= 4 is 5.91 Å². The molecule has 6 nitrogen and oxygen atoms in total. The second kappa shape index (κ2) is 7.91. The van der Waals surface area contributed by atoms with Crippen LogP contribution in [0.2, 0.25) is 0 Å². The summed E-state index contributed by atoms with van der Waals surface area (Å²) < 4.78 is 6.70. The van der Waals surface area contributed by atoms with Crippen molar-refractivity contribution in [3.05, 3.63) is 17.5 Å². The summed E-state index contributed by atoms with van der Waals surface area (Å²) in [5.74, 6) is -0.111. The van der Waals surface area contributed by atoms with E-state index in [0.717, 1.165) is 12.1 Å². The van der Waals surface area contributed by atoms with Crippen LogP contribution in [0.4, 0.5) is 0 Å². The molecule has 6 heteroatoms. The number of aromatic nitrogens is 2. The van der Waals surface area contributed by atoms with E-state index in [1.807, 2.05) is 19.9 Å². The molecule has 1 rings (SSSR count). The highest BCUT2D eigenvalue weighted by Gasteiger charge is 2.20. The SMILES string of the molecule is CCc1cc(C(=O)N(CCO)CCOC)n(CC)n1. The van der Waals surface area contributed by atoms with Gasteiger partial charge in [0.2, 0.25) is 0 Å². The Balaban J connectivity index is 2.90. The number of carbonyl (C=O) groups is 1. The Labute approximate surface area is 114 Å². The molecule has 0 aromatic carbocycles. The molecule has 0 aliphatic heterocycles. The lowest BCUT2D eigenvalue weighted by molar-refractivity contribution is 0.0644. The predicted octanol–water partition coefficient (Wildman–Crippen LogP) is 0.546. The minimum absolute atomic E-state index is 0.0592. The Morgan fingerprint density at radius 3 is 2.74 bits per heavy atom. The van der Waals surface area contributed by atoms with Crippen LogP contribution in [0.1, 0.15) is 30.0 Å². The Morgan fingerprint density at radius 2 is 2.21 bits per heavy atom. The van der Waals surface area contributed by atoms with Gasteiger partial charge in [-0.15, -0.1) is 0 Å². The van der Waals surface area contributed by atoms with Crippen molar-refractivity contribution in [3.63, 3.8) is 0 Å². The summed E-state index contributed by atoms with van der Waals surface area (Å²) in [5, 5.41) is 13.4. The highest BCUT2D eigenvalue weighted by Crippen LogP contribution is 2.09. The molecule has 0 saturated heterocycles. The molecule has 1 aromatic heterocycles. The summed E-state index contributed by atoms with van der Waals surface area (Å²) >= 11 is 0. The minimum atomic E-state index is -0.111. The topological polar surface area (TPSA) is 67.6 Å². The van der Waals surface area contributed by atoms with Crippen molar-refractivity contribution < 1.29 is 14.6 Å². The fourth-order valence-corrected chi connectivity index (χ4v) is 1.86. The highest BCUT2D eigenvalue weighted by atomic mass is 16.5. The normalized spacial score (nSPS) is 10.7. The molecule has 1 heterocycles. The quantitative estimate of drug-likeness (QED) is 0.748. The third-order valence-electron chi connectivity index (χ3n) is 2.93. The number of carbonyl (C=O) groups excluding carboxylic acids is 1. The molecular weight excluding hydrogens is 246 g/mol. The van der Waals surface area contributed by atoms with Gasteiger partial charge in [0.15, 0.2) is 0 Å². The van der Waals surface area contributed by atoms with E-state index in [1.54, 1.807) is 16.7 Å². The van der Waals surface area contributed by atoms with E-state index in [9.17, 15) is 4.79 Å². The van der Waals surface area contributed by atoms with Crippen LogP contribution >= 0.6 is 0 Å². The standard InChI is InChI=1S/C13H23N3O3/c1-4-11-10-12(16(5-2)14-11)13(18)15(6-8-17)7-9-19-3/h10,17H,4-9H2,1-3H3. The summed E-state index contributed by atoms with van der Waals surface area (Å²) in [6.07, 6.45) is 0.797. The lowest BCUT2D eigenvalue weighted by Gasteiger charge is -2.21. The number of aliphatic hydroxyl groups excluding tert-OH is 1. The molecule has 108 valence electrons. The molecule has 1 aromatic rings. The second-order valence-electron chi connectivity index (χ2n) is 4.20. The van der Waals surface area contributed by atoms with E-state index in [-0.39, 0.29) is 12.5 Å². The lowest BCUT2D eigenvalue weighted by atomic mass is 10.2. The van der Waals surface area contributed by atoms with Gasteiger partial charge in [-0.05, 0) is 19.4 Å². The first kappa shape index (κ1) is 15.7. The van der Waals surface area contributed by atoms with Crippen molar-refractivity contribution in [3.8, 4) is 0 Å². The van der Waals surface area contributed by atoms with E-state index < -0.39 is 0 Å². The van der Waals surface area contributed by atoms with Crippen LogP contribution in [0.3, 0.4) is 0 Å². The molecule has 0 spiro atoms. The van der Waals surface area contributed by atoms with E-state index in [1.165, 1.54) is 0 Å². The Morgan fingerprint density at radius 1 is 1.47 bits per heavy atom. The van der Waals surface area contributed by atoms with Crippen molar-refractivity contribution in [2.45, 2.75) is 26.8 Å². The van der Waals surface area contributed by atoms with Crippen LogP contribution < -0.4 is 0 Å². The molecule has 0 bridgehead atoms. The molecule has 19 heavy (non-hydrogen) atoms. The Kier molecular flexibility index (Phi) is 6.52. The monoisotopic (exact) mass is 269 g/mol. The maximum atomic E-state index is 12.4. The van der Waals surface area contributed by atoms with Crippen LogP contribution in [0.25, 0.3) is 0 Å². The van der Waals surface area contributed by atoms with Crippen LogP contribution in [0.15, 0.2) is 6.07 Å². The molecular formula is C13H23N3O3. The smallest absolute Gasteiger partial charge is 0.272 e. The maximum Gasteiger partial charge on any atom is 0.272 e. The van der Waals surface area contributed by atoms with Gasteiger partial charge in [0.05, 0.1) is 18.9 Å². The maximum absolute atomic E-state index is 12.4. The molecule has 0 unspecified atom stereocenters. The van der Waals surface area contributed by atoms with E-state index in [2.05, 4.69) is 5.10 Å². The number of amides is 1. The second-order valence-corrected chi connectivity index (χ2v) is 4.20. The average Bonchev–Trinajstić information content (AvgIpc) is 2.86. The van der Waals surface area contributed by atoms with E-state index in [0.29, 0.717) is 31.9 Å². The summed E-state index contributed by atoms with van der Waals surface area (Å²) in [5.41, 5.74) is 1.48. The molecule has 0 fully saturated rings. The van der Waals surface area contributed by atoms with Crippen molar-refractivity contribution in [1.82, 2.24) is 14.7 Å². The first-order chi connectivity index (χ1) is 9.17. The first-order valence-electron chi connectivity index (χ1n) is 6.63. The van der Waals surface area contributed by atoms with Gasteiger partial charge >= 0.3 is 0 Å². The van der Waals surface area contributed by atoms with Gasteiger partial charge in [0.1, 0.15) is 5.69 Å². The van der Waals surface area contributed by atoms with Crippen LogP contribution in [0.5, 0.6) is 0 Å². The predicted molar refractivity (Wildman–Crippen MR) is 72.1 cm³/mol. The lowest BCUT2D eigenvalue weighted by Crippen LogP contribution is -2.37. The van der Waals surface area contributed by atoms with Gasteiger partial charge in [-0.25, -0.2) is 0 Å². The number of methoxy groups -OCH3 is 1. The number of hydrogen-bond acceptors (Lipinski definition) is 4. The van der Waals surface area contributed by atoms with Gasteiger partial charge in [-0.2, -0.15) is 5.10 Å². The highest BCUT2D eigenvalue weighted by molar-refractivity contribution is 5.92. The summed E-state index contributed by atoms with van der Waals surface area (Å²) in [6, 6.07) is 1.82. The third-order valence-corrected chi connectivity index (χ3v) is 2.93. The van der Waals surface area contributed by atoms with Crippen LogP contribution in [-0.2, 0) is 17.7 Å². The molecule has 1 N–H and O–H groups in total. The van der Waals surface area contributed by atoms with Gasteiger partial charge in [-0.1, -0.05) is 6.92 Å². The van der Waals surface area contributed by atoms with Gasteiger partial charge < -0.3 is 14.7 Å². The molecule has 1 amide bonds. The fourth-order valence-electron chi connectivity index (χ4n) is 1.86. The van der Waals surface area contributed by atoms with Gasteiger partial charge in [0.25, 0.3) is 5.91 Å². The summed E-state index contributed by atoms with van der Waals surface area (Å²) in [4.78, 5) is 14.0. The molecule has 0 radical (unpaired) electrons. The largest absolute Gasteiger partial charge is 0.395 e. The van der Waals surface area contributed by atoms with Crippen molar-refractivity contribution in [2.75, 3.05) is 33.4 Å². The number of aryl methyl sites for hydroxylation is 2. The van der Waals surface area contributed by atoms with Crippen LogP contribution in [0, 0.1) is 0 Å². The van der Waals surface area contributed by atoms with Crippen molar-refractivity contribution in [2.24, 2.45) is 0 Å². The van der Waals surface area contributed by atoms with E-state index in [4.69, 9.17) is 9.84 Å². The zero-order chi connectivity index (χ0) is 14.3. The summed E-state index contributed by atoms with van der Waals surface area (Å²) in [6.45, 7) is 5.77. The van der Waals surface area contributed by atoms with E-state index >= 15 is 0 Å². The first-order valence-corrected chi connectivity index (χ1v) is 6.63. The number of rotatable bonds is 8. The number of nitrogens with zero attached hydrogens (tertiary/aromatic N) is 3. The number of hydrogen-bond donors (Lipinski definition) is 1. The average molecular weight is 269 g/mol.